The van der Waals surface area contributed by atoms with Crippen LogP contribution in [0.25, 0.3) is 22.3 Å². The maximum Gasteiger partial charge on any atom is 0.0894 e. The molecule has 0 fully saturated rings. The van der Waals surface area contributed by atoms with E-state index in [-0.39, 0.29) is 0 Å². The third kappa shape index (κ3) is 1.97. The highest BCUT2D eigenvalue weighted by atomic mass is 14.8. The Bertz CT molecular complexity index is 777. The number of aromatic nitrogens is 2. The van der Waals surface area contributed by atoms with Gasteiger partial charge in [0.1, 0.15) is 0 Å². The molecule has 0 aliphatic heterocycles. The maximum absolute atomic E-state index is 4.83. The third-order valence-electron chi connectivity index (χ3n) is 4.04. The summed E-state index contributed by atoms with van der Waals surface area (Å²) in [4.78, 5) is 9.56. The van der Waals surface area contributed by atoms with E-state index in [0.717, 1.165) is 23.3 Å². The summed E-state index contributed by atoms with van der Waals surface area (Å²) in [7, 11) is 0. The highest BCUT2D eigenvalue weighted by Crippen LogP contribution is 2.24. The number of hydrogen-bond donors (Lipinski definition) is 0. The minimum absolute atomic E-state index is 0.970. The van der Waals surface area contributed by atoms with E-state index in [9.17, 15) is 0 Å². The summed E-state index contributed by atoms with van der Waals surface area (Å²) in [6, 6.07) is 16.7. The van der Waals surface area contributed by atoms with E-state index in [4.69, 9.17) is 9.97 Å². The number of para-hydroxylation sites is 1. The van der Waals surface area contributed by atoms with E-state index in [1.54, 1.807) is 0 Å². The fraction of sp³-hybridized carbons (Fsp3) is 0.222. The molecular formula is C18H16N2. The van der Waals surface area contributed by atoms with Gasteiger partial charge in [-0.2, -0.15) is 0 Å². The number of rotatable bonds is 1. The largest absolute Gasteiger partial charge is 0.251 e. The molecule has 0 amide bonds. The van der Waals surface area contributed by atoms with E-state index in [2.05, 4.69) is 36.4 Å². The lowest BCUT2D eigenvalue weighted by Crippen LogP contribution is -2.05. The lowest BCUT2D eigenvalue weighted by molar-refractivity contribution is 0.668. The molecule has 0 unspecified atom stereocenters. The molecule has 0 spiro atoms. The van der Waals surface area contributed by atoms with Crippen LogP contribution in [0.4, 0.5) is 0 Å². The normalized spacial score (nSPS) is 14.2. The maximum atomic E-state index is 4.83. The van der Waals surface area contributed by atoms with E-state index in [0.29, 0.717) is 0 Å². The van der Waals surface area contributed by atoms with Gasteiger partial charge in [-0.1, -0.05) is 30.3 Å². The molecule has 2 aromatic heterocycles. The zero-order valence-electron chi connectivity index (χ0n) is 11.3. The van der Waals surface area contributed by atoms with Crippen LogP contribution in [0.15, 0.2) is 48.5 Å². The molecule has 3 aromatic rings. The average molecular weight is 260 g/mol. The fourth-order valence-corrected chi connectivity index (χ4v) is 2.93. The Labute approximate surface area is 118 Å². The van der Waals surface area contributed by atoms with E-state index < -0.39 is 0 Å². The Kier molecular flexibility index (Phi) is 2.73. The molecule has 0 bridgehead atoms. The van der Waals surface area contributed by atoms with Crippen molar-refractivity contribution in [3.63, 3.8) is 0 Å². The minimum atomic E-state index is 0.970. The molecule has 4 rings (SSSR count). The topological polar surface area (TPSA) is 25.8 Å². The second-order valence-corrected chi connectivity index (χ2v) is 5.40. The Morgan fingerprint density at radius 2 is 1.50 bits per heavy atom. The minimum Gasteiger partial charge on any atom is -0.251 e. The van der Waals surface area contributed by atoms with Gasteiger partial charge in [0, 0.05) is 11.1 Å². The smallest absolute Gasteiger partial charge is 0.0894 e. The van der Waals surface area contributed by atoms with Gasteiger partial charge in [0.2, 0.25) is 0 Å². The monoisotopic (exact) mass is 260 g/mol. The van der Waals surface area contributed by atoms with Crippen LogP contribution in [0.1, 0.15) is 24.1 Å². The van der Waals surface area contributed by atoms with E-state index in [1.165, 1.54) is 35.9 Å². The summed E-state index contributed by atoms with van der Waals surface area (Å²) in [6.45, 7) is 0. The molecule has 1 aliphatic carbocycles. The van der Waals surface area contributed by atoms with Crippen LogP contribution in [-0.4, -0.2) is 9.97 Å². The molecular weight excluding hydrogens is 244 g/mol. The first-order valence-electron chi connectivity index (χ1n) is 7.25. The SMILES string of the molecule is c1ccc2nc(-c3ccc4c(n3)CCCC4)ccc2c1. The molecule has 2 nitrogen and oxygen atoms in total. The zero-order valence-corrected chi connectivity index (χ0v) is 11.3. The Balaban J connectivity index is 1.82. The van der Waals surface area contributed by atoms with Crippen molar-refractivity contribution in [2.45, 2.75) is 25.7 Å². The van der Waals surface area contributed by atoms with Crippen molar-refractivity contribution in [2.24, 2.45) is 0 Å². The van der Waals surface area contributed by atoms with Crippen molar-refractivity contribution in [1.82, 2.24) is 9.97 Å². The number of pyridine rings is 2. The highest BCUT2D eigenvalue weighted by molar-refractivity contribution is 5.80. The number of nitrogens with zero attached hydrogens (tertiary/aromatic N) is 2. The molecule has 0 saturated carbocycles. The molecule has 20 heavy (non-hydrogen) atoms. The Morgan fingerprint density at radius 1 is 0.700 bits per heavy atom. The lowest BCUT2D eigenvalue weighted by Gasteiger charge is -2.15. The molecule has 0 saturated heterocycles. The zero-order chi connectivity index (χ0) is 13.4. The van der Waals surface area contributed by atoms with Gasteiger partial charge < -0.3 is 0 Å². The van der Waals surface area contributed by atoms with Gasteiger partial charge in [0.15, 0.2) is 0 Å². The first kappa shape index (κ1) is 11.6. The fourth-order valence-electron chi connectivity index (χ4n) is 2.93. The van der Waals surface area contributed by atoms with Gasteiger partial charge >= 0.3 is 0 Å². The van der Waals surface area contributed by atoms with Gasteiger partial charge in [-0.25, -0.2) is 4.98 Å². The number of hydrogen-bond acceptors (Lipinski definition) is 2. The first-order valence-corrected chi connectivity index (χ1v) is 7.25. The second kappa shape index (κ2) is 4.71. The number of fused-ring (bicyclic) bond motifs is 2. The van der Waals surface area contributed by atoms with Crippen LogP contribution < -0.4 is 0 Å². The summed E-state index contributed by atoms with van der Waals surface area (Å²) < 4.78 is 0. The van der Waals surface area contributed by atoms with Crippen molar-refractivity contribution in [3.8, 4) is 11.4 Å². The molecule has 2 heteroatoms. The highest BCUT2D eigenvalue weighted by Gasteiger charge is 2.12. The molecule has 0 radical (unpaired) electrons. The van der Waals surface area contributed by atoms with E-state index >= 15 is 0 Å². The quantitative estimate of drug-likeness (QED) is 0.656. The van der Waals surface area contributed by atoms with Crippen molar-refractivity contribution in [3.05, 3.63) is 59.8 Å². The van der Waals surface area contributed by atoms with Crippen molar-refractivity contribution in [1.29, 1.82) is 0 Å². The number of benzene rings is 1. The van der Waals surface area contributed by atoms with Gasteiger partial charge in [-0.05, 0) is 49.4 Å². The van der Waals surface area contributed by atoms with Gasteiger partial charge in [0.25, 0.3) is 0 Å². The van der Waals surface area contributed by atoms with Crippen molar-refractivity contribution >= 4 is 10.9 Å². The first-order chi connectivity index (χ1) is 9.90. The third-order valence-corrected chi connectivity index (χ3v) is 4.04. The molecule has 1 aliphatic rings. The summed E-state index contributed by atoms with van der Waals surface area (Å²) in [5, 5.41) is 1.18. The Morgan fingerprint density at radius 3 is 2.50 bits per heavy atom. The van der Waals surface area contributed by atoms with Crippen molar-refractivity contribution in [2.75, 3.05) is 0 Å². The standard InChI is InChI=1S/C18H16N2/c1-3-7-15-13(5-1)9-11-17(19-15)18-12-10-14-6-2-4-8-16(14)20-18/h1,3,5,7,9-12H,2,4,6,8H2. The van der Waals surface area contributed by atoms with Crippen LogP contribution >= 0.6 is 0 Å². The molecule has 0 atom stereocenters. The Hall–Kier alpha value is -2.22. The van der Waals surface area contributed by atoms with Gasteiger partial charge in [0.05, 0.1) is 16.9 Å². The molecule has 2 heterocycles. The second-order valence-electron chi connectivity index (χ2n) is 5.40. The van der Waals surface area contributed by atoms with Gasteiger partial charge in [-0.15, -0.1) is 0 Å². The summed E-state index contributed by atoms with van der Waals surface area (Å²) in [5.74, 6) is 0. The predicted molar refractivity (Wildman–Crippen MR) is 81.6 cm³/mol. The van der Waals surface area contributed by atoms with E-state index in [1.807, 2.05) is 12.1 Å². The summed E-state index contributed by atoms with van der Waals surface area (Å²) in [5.41, 5.74) is 5.68. The summed E-state index contributed by atoms with van der Waals surface area (Å²) in [6.07, 6.45) is 4.83. The molecule has 98 valence electrons. The molecule has 1 aromatic carbocycles. The average Bonchev–Trinajstić information content (AvgIpc) is 2.54. The van der Waals surface area contributed by atoms with Crippen LogP contribution in [0.3, 0.4) is 0 Å². The molecule has 0 N–H and O–H groups in total. The van der Waals surface area contributed by atoms with Gasteiger partial charge in [-0.3, -0.25) is 4.98 Å². The summed E-state index contributed by atoms with van der Waals surface area (Å²) >= 11 is 0. The number of aryl methyl sites for hydroxylation is 2. The van der Waals surface area contributed by atoms with Crippen LogP contribution in [0.5, 0.6) is 0 Å². The lowest BCUT2D eigenvalue weighted by atomic mass is 9.95. The van der Waals surface area contributed by atoms with Crippen LogP contribution in [-0.2, 0) is 12.8 Å². The van der Waals surface area contributed by atoms with Crippen LogP contribution in [0, 0.1) is 0 Å². The predicted octanol–water partition coefficient (Wildman–Crippen LogP) is 4.18. The van der Waals surface area contributed by atoms with Crippen LogP contribution in [0.2, 0.25) is 0 Å². The van der Waals surface area contributed by atoms with Crippen molar-refractivity contribution < 1.29 is 0 Å².